The highest BCUT2D eigenvalue weighted by atomic mass is 16.5. The molecule has 0 saturated heterocycles. The number of unbranched alkanes of at least 4 members (excludes halogenated alkanes) is 7. The molecule has 2 aromatic carbocycles. The first-order valence-corrected chi connectivity index (χ1v) is 12.8. The number of ketones is 1. The highest BCUT2D eigenvalue weighted by Crippen LogP contribution is 2.46. The molecule has 0 spiro atoms. The molecule has 1 aliphatic heterocycles. The molecule has 0 fully saturated rings. The molecule has 0 radical (unpaired) electrons. The number of carbonyl (C=O) groups is 1. The van der Waals surface area contributed by atoms with E-state index in [4.69, 9.17) is 4.74 Å². The molecule has 2 atom stereocenters. The molecular weight excluding hydrogens is 412 g/mol. The summed E-state index contributed by atoms with van der Waals surface area (Å²) in [6, 6.07) is 13.0. The van der Waals surface area contributed by atoms with Crippen molar-refractivity contribution in [2.75, 3.05) is 6.61 Å². The Morgan fingerprint density at radius 3 is 2.18 bits per heavy atom. The number of Topliss-reactive ketones (excluding diaryl/α,β-unsaturated/α-hetero) is 1. The average molecular weight is 453 g/mol. The monoisotopic (exact) mass is 452 g/mol. The van der Waals surface area contributed by atoms with Crippen molar-refractivity contribution < 1.29 is 19.7 Å². The van der Waals surface area contributed by atoms with Crippen molar-refractivity contribution in [3.05, 3.63) is 53.6 Å². The van der Waals surface area contributed by atoms with E-state index in [1.54, 1.807) is 24.3 Å². The highest BCUT2D eigenvalue weighted by molar-refractivity contribution is 5.78. The van der Waals surface area contributed by atoms with Gasteiger partial charge in [0.1, 0.15) is 23.0 Å². The first-order chi connectivity index (χ1) is 16.1. The molecular formula is C29H40O4. The molecule has 3 rings (SSSR count). The summed E-state index contributed by atoms with van der Waals surface area (Å²) >= 11 is 0. The molecule has 0 aromatic heterocycles. The fraction of sp³-hybridized carbons (Fsp3) is 0.552. The van der Waals surface area contributed by atoms with Gasteiger partial charge in [0, 0.05) is 24.8 Å². The topological polar surface area (TPSA) is 66.8 Å². The van der Waals surface area contributed by atoms with Crippen molar-refractivity contribution >= 4 is 5.78 Å². The summed E-state index contributed by atoms with van der Waals surface area (Å²) in [6.07, 6.45) is 13.2. The zero-order valence-electron chi connectivity index (χ0n) is 20.1. The van der Waals surface area contributed by atoms with Crippen LogP contribution in [0.4, 0.5) is 0 Å². The first-order valence-electron chi connectivity index (χ1n) is 12.8. The Morgan fingerprint density at radius 2 is 1.48 bits per heavy atom. The Labute approximate surface area is 199 Å². The molecule has 0 bridgehead atoms. The van der Waals surface area contributed by atoms with E-state index in [0.29, 0.717) is 18.3 Å². The van der Waals surface area contributed by atoms with Crippen LogP contribution in [0, 0.1) is 0 Å². The maximum absolute atomic E-state index is 11.6. The standard InChI is InChI=1S/C29H40O4/c1-2-11-23(30)12-9-7-5-3-4-6-8-10-13-26-27-19-18-25(32)20-29(27)33-21-28(26)22-14-16-24(31)17-15-22/h14-20,26,28,31-32H,2-13,21H2,1H3. The van der Waals surface area contributed by atoms with Crippen LogP contribution in [0.1, 0.15) is 107 Å². The maximum Gasteiger partial charge on any atom is 0.132 e. The normalized spacial score (nSPS) is 17.4. The Bertz CT molecular complexity index is 858. The smallest absolute Gasteiger partial charge is 0.132 e. The van der Waals surface area contributed by atoms with Gasteiger partial charge >= 0.3 is 0 Å². The number of hydrogen-bond donors (Lipinski definition) is 2. The molecule has 2 N–H and O–H groups in total. The van der Waals surface area contributed by atoms with Crippen LogP contribution in [-0.4, -0.2) is 22.6 Å². The molecule has 0 aliphatic carbocycles. The summed E-state index contributed by atoms with van der Waals surface area (Å²) in [7, 11) is 0. The van der Waals surface area contributed by atoms with Gasteiger partial charge in [0.2, 0.25) is 0 Å². The summed E-state index contributed by atoms with van der Waals surface area (Å²) in [6.45, 7) is 2.66. The third-order valence-electron chi connectivity index (χ3n) is 6.87. The lowest BCUT2D eigenvalue weighted by Crippen LogP contribution is -2.24. The van der Waals surface area contributed by atoms with Gasteiger partial charge in [0.25, 0.3) is 0 Å². The number of benzene rings is 2. The van der Waals surface area contributed by atoms with E-state index in [1.807, 2.05) is 18.2 Å². The minimum Gasteiger partial charge on any atom is -0.508 e. The van der Waals surface area contributed by atoms with Gasteiger partial charge in [-0.3, -0.25) is 4.79 Å². The fourth-order valence-electron chi connectivity index (χ4n) is 5.02. The second-order valence-electron chi connectivity index (χ2n) is 9.49. The average Bonchev–Trinajstić information content (AvgIpc) is 2.81. The number of phenols is 2. The molecule has 0 saturated carbocycles. The lowest BCUT2D eigenvalue weighted by Gasteiger charge is -2.34. The Hall–Kier alpha value is -2.49. The number of hydrogen-bond acceptors (Lipinski definition) is 4. The Kier molecular flexibility index (Phi) is 10.1. The van der Waals surface area contributed by atoms with E-state index in [0.717, 1.165) is 37.9 Å². The van der Waals surface area contributed by atoms with Crippen molar-refractivity contribution in [3.8, 4) is 17.2 Å². The predicted molar refractivity (Wildman–Crippen MR) is 133 cm³/mol. The van der Waals surface area contributed by atoms with Crippen molar-refractivity contribution in [3.63, 3.8) is 0 Å². The fourth-order valence-corrected chi connectivity index (χ4v) is 5.02. The maximum atomic E-state index is 11.6. The lowest BCUT2D eigenvalue weighted by atomic mass is 9.77. The first kappa shape index (κ1) is 25.1. The molecule has 180 valence electrons. The second kappa shape index (κ2) is 13.3. The molecule has 33 heavy (non-hydrogen) atoms. The van der Waals surface area contributed by atoms with Gasteiger partial charge in [-0.2, -0.15) is 0 Å². The van der Waals surface area contributed by atoms with Gasteiger partial charge in [0.15, 0.2) is 0 Å². The number of phenolic OH excluding ortho intramolecular Hbond substituents is 2. The number of fused-ring (bicyclic) bond motifs is 1. The van der Waals surface area contributed by atoms with Crippen LogP contribution >= 0.6 is 0 Å². The third-order valence-corrected chi connectivity index (χ3v) is 6.87. The van der Waals surface area contributed by atoms with Crippen LogP contribution < -0.4 is 4.74 Å². The largest absolute Gasteiger partial charge is 0.508 e. The van der Waals surface area contributed by atoms with Crippen molar-refractivity contribution in [2.24, 2.45) is 0 Å². The summed E-state index contributed by atoms with van der Waals surface area (Å²) in [5.74, 6) is 2.34. The van der Waals surface area contributed by atoms with Gasteiger partial charge in [-0.1, -0.05) is 70.1 Å². The van der Waals surface area contributed by atoms with Crippen LogP contribution in [0.3, 0.4) is 0 Å². The molecule has 1 aliphatic rings. The molecule has 4 nitrogen and oxygen atoms in total. The van der Waals surface area contributed by atoms with Crippen molar-refractivity contribution in [2.45, 2.75) is 95.8 Å². The van der Waals surface area contributed by atoms with E-state index < -0.39 is 0 Å². The molecule has 2 aromatic rings. The van der Waals surface area contributed by atoms with Crippen molar-refractivity contribution in [1.29, 1.82) is 0 Å². The highest BCUT2D eigenvalue weighted by Gasteiger charge is 2.32. The SMILES string of the molecule is CCCC(=O)CCCCCCCCCCC1c2ccc(O)cc2OCC1c1ccc(O)cc1. The minimum absolute atomic E-state index is 0.241. The third kappa shape index (κ3) is 7.80. The van der Waals surface area contributed by atoms with Gasteiger partial charge in [-0.05, 0) is 54.5 Å². The molecule has 4 heteroatoms. The number of ether oxygens (including phenoxy) is 1. The van der Waals surface area contributed by atoms with Crippen LogP contribution in [0.25, 0.3) is 0 Å². The Morgan fingerprint density at radius 1 is 0.848 bits per heavy atom. The van der Waals surface area contributed by atoms with Crippen LogP contribution in [-0.2, 0) is 4.79 Å². The zero-order valence-corrected chi connectivity index (χ0v) is 20.1. The number of carbonyl (C=O) groups excluding carboxylic acids is 1. The number of rotatable bonds is 14. The summed E-state index contributed by atoms with van der Waals surface area (Å²) in [5, 5.41) is 19.5. The molecule has 0 amide bonds. The van der Waals surface area contributed by atoms with E-state index in [-0.39, 0.29) is 17.4 Å². The van der Waals surface area contributed by atoms with Crippen molar-refractivity contribution in [1.82, 2.24) is 0 Å². The van der Waals surface area contributed by atoms with Gasteiger partial charge < -0.3 is 14.9 Å². The van der Waals surface area contributed by atoms with Crippen LogP contribution in [0.5, 0.6) is 17.2 Å². The van der Waals surface area contributed by atoms with E-state index >= 15 is 0 Å². The molecule has 1 heterocycles. The van der Waals surface area contributed by atoms with Crippen LogP contribution in [0.15, 0.2) is 42.5 Å². The minimum atomic E-state index is 0.241. The van der Waals surface area contributed by atoms with E-state index in [1.165, 1.54) is 56.1 Å². The summed E-state index contributed by atoms with van der Waals surface area (Å²) in [5.41, 5.74) is 2.36. The van der Waals surface area contributed by atoms with Gasteiger partial charge in [0.05, 0.1) is 6.61 Å². The van der Waals surface area contributed by atoms with Gasteiger partial charge in [-0.25, -0.2) is 0 Å². The predicted octanol–water partition coefficient (Wildman–Crippen LogP) is 7.63. The Balaban J connectivity index is 1.43. The summed E-state index contributed by atoms with van der Waals surface area (Å²) < 4.78 is 6.01. The van der Waals surface area contributed by atoms with Gasteiger partial charge in [-0.15, -0.1) is 0 Å². The zero-order chi connectivity index (χ0) is 23.5. The molecule has 2 unspecified atom stereocenters. The number of aromatic hydroxyl groups is 2. The van der Waals surface area contributed by atoms with E-state index in [2.05, 4.69) is 6.92 Å². The lowest BCUT2D eigenvalue weighted by molar-refractivity contribution is -0.119. The summed E-state index contributed by atoms with van der Waals surface area (Å²) in [4.78, 5) is 11.6. The quantitative estimate of drug-likeness (QED) is 0.289. The van der Waals surface area contributed by atoms with Crippen LogP contribution in [0.2, 0.25) is 0 Å². The van der Waals surface area contributed by atoms with E-state index in [9.17, 15) is 15.0 Å². The second-order valence-corrected chi connectivity index (χ2v) is 9.49.